The van der Waals surface area contributed by atoms with Crippen molar-refractivity contribution in [2.45, 2.75) is 6.18 Å². The molecular weight excluding hydrogens is 353 g/mol. The van der Waals surface area contributed by atoms with Gasteiger partial charge in [-0.2, -0.15) is 13.2 Å². The van der Waals surface area contributed by atoms with Gasteiger partial charge >= 0.3 is 12.2 Å². The van der Waals surface area contributed by atoms with Crippen LogP contribution in [0.3, 0.4) is 0 Å². The van der Waals surface area contributed by atoms with Gasteiger partial charge in [0.15, 0.2) is 0 Å². The number of para-hydroxylation sites is 1. The Morgan fingerprint density at radius 1 is 0.923 bits per heavy atom. The van der Waals surface area contributed by atoms with E-state index >= 15 is 0 Å². The topological polar surface area (TPSA) is 76.7 Å². The molecule has 0 atom stereocenters. The molecule has 9 heteroatoms. The summed E-state index contributed by atoms with van der Waals surface area (Å²) in [6.45, 7) is 0. The molecule has 0 unspecified atom stereocenters. The molecule has 0 aliphatic carbocycles. The molecule has 2 aromatic carbocycles. The number of alkyl halides is 3. The van der Waals surface area contributed by atoms with E-state index in [9.17, 15) is 22.8 Å². The van der Waals surface area contributed by atoms with Crippen molar-refractivity contribution in [3.05, 3.63) is 53.6 Å². The van der Waals surface area contributed by atoms with Gasteiger partial charge in [0.2, 0.25) is 0 Å². The van der Waals surface area contributed by atoms with Crippen LogP contribution in [0, 0.1) is 0 Å². The van der Waals surface area contributed by atoms with Crippen molar-refractivity contribution < 1.29 is 32.2 Å². The number of hydrogen-bond donors (Lipinski definition) is 2. The summed E-state index contributed by atoms with van der Waals surface area (Å²) < 4.78 is 49.0. The van der Waals surface area contributed by atoms with Crippen molar-refractivity contribution in [3.8, 4) is 11.5 Å². The van der Waals surface area contributed by atoms with E-state index < -0.39 is 29.4 Å². The number of urea groups is 1. The number of amides is 3. The molecular formula is C17H15F3N2O4. The summed E-state index contributed by atoms with van der Waals surface area (Å²) in [6.07, 6.45) is -4.65. The summed E-state index contributed by atoms with van der Waals surface area (Å²) in [5, 5.41) is 3.98. The Hall–Kier alpha value is -3.23. The first-order valence-corrected chi connectivity index (χ1v) is 7.27. The van der Waals surface area contributed by atoms with Crippen LogP contribution >= 0.6 is 0 Å². The number of benzene rings is 2. The molecule has 0 aliphatic heterocycles. The second kappa shape index (κ2) is 7.77. The molecule has 26 heavy (non-hydrogen) atoms. The van der Waals surface area contributed by atoms with Crippen molar-refractivity contribution in [2.75, 3.05) is 19.5 Å². The molecule has 0 saturated carbocycles. The van der Waals surface area contributed by atoms with Crippen LogP contribution in [0.5, 0.6) is 11.5 Å². The van der Waals surface area contributed by atoms with Crippen molar-refractivity contribution in [1.82, 2.24) is 5.32 Å². The molecule has 0 heterocycles. The van der Waals surface area contributed by atoms with E-state index in [0.717, 1.165) is 12.1 Å². The lowest BCUT2D eigenvalue weighted by Crippen LogP contribution is -2.35. The maximum Gasteiger partial charge on any atom is 0.418 e. The lowest BCUT2D eigenvalue weighted by atomic mass is 10.1. The smallest absolute Gasteiger partial charge is 0.418 e. The van der Waals surface area contributed by atoms with E-state index in [-0.39, 0.29) is 17.1 Å². The van der Waals surface area contributed by atoms with Gasteiger partial charge in [0, 0.05) is 0 Å². The molecule has 0 aromatic heterocycles. The summed E-state index contributed by atoms with van der Waals surface area (Å²) in [6, 6.07) is 7.83. The molecule has 2 N–H and O–H groups in total. The molecule has 0 fully saturated rings. The highest BCUT2D eigenvalue weighted by atomic mass is 19.4. The lowest BCUT2D eigenvalue weighted by Gasteiger charge is -2.15. The van der Waals surface area contributed by atoms with Gasteiger partial charge in [-0.15, -0.1) is 0 Å². The zero-order chi connectivity index (χ0) is 19.3. The van der Waals surface area contributed by atoms with Gasteiger partial charge in [0.05, 0.1) is 25.5 Å². The van der Waals surface area contributed by atoms with Gasteiger partial charge in [-0.25, -0.2) is 4.79 Å². The lowest BCUT2D eigenvalue weighted by molar-refractivity contribution is -0.136. The number of halogens is 3. The number of imide groups is 1. The van der Waals surface area contributed by atoms with E-state index in [2.05, 4.69) is 0 Å². The Morgan fingerprint density at radius 3 is 2.04 bits per heavy atom. The molecule has 0 radical (unpaired) electrons. The molecule has 0 aliphatic rings. The molecule has 6 nitrogen and oxygen atoms in total. The molecule has 138 valence electrons. The van der Waals surface area contributed by atoms with Gasteiger partial charge in [0.25, 0.3) is 5.91 Å². The van der Waals surface area contributed by atoms with Crippen LogP contribution < -0.4 is 20.1 Å². The molecule has 2 aromatic rings. The number of carbonyl (C=O) groups is 2. The van der Waals surface area contributed by atoms with Gasteiger partial charge < -0.3 is 14.8 Å². The van der Waals surface area contributed by atoms with Crippen LogP contribution in [0.15, 0.2) is 42.5 Å². The van der Waals surface area contributed by atoms with Gasteiger partial charge in [0.1, 0.15) is 17.1 Å². The third-order valence-electron chi connectivity index (χ3n) is 3.36. The van der Waals surface area contributed by atoms with Crippen molar-refractivity contribution in [3.63, 3.8) is 0 Å². The SMILES string of the molecule is COc1cccc(OC)c1C(=O)NC(=O)Nc1ccccc1C(F)(F)F. The Balaban J connectivity index is 2.21. The fourth-order valence-corrected chi connectivity index (χ4v) is 2.23. The average Bonchev–Trinajstić information content (AvgIpc) is 2.60. The number of methoxy groups -OCH3 is 2. The van der Waals surface area contributed by atoms with Gasteiger partial charge in [-0.1, -0.05) is 18.2 Å². The van der Waals surface area contributed by atoms with Crippen LogP contribution in [0.1, 0.15) is 15.9 Å². The first-order chi connectivity index (χ1) is 12.3. The minimum absolute atomic E-state index is 0.0586. The minimum Gasteiger partial charge on any atom is -0.496 e. The zero-order valence-electron chi connectivity index (χ0n) is 13.8. The Morgan fingerprint density at radius 2 is 1.50 bits per heavy atom. The van der Waals surface area contributed by atoms with Crippen molar-refractivity contribution >= 4 is 17.6 Å². The van der Waals surface area contributed by atoms with Crippen LogP contribution in [-0.4, -0.2) is 26.2 Å². The number of carbonyl (C=O) groups excluding carboxylic acids is 2. The predicted molar refractivity (Wildman–Crippen MR) is 87.5 cm³/mol. The second-order valence-electron chi connectivity index (χ2n) is 4.99. The Labute approximate surface area is 146 Å². The van der Waals surface area contributed by atoms with E-state index in [4.69, 9.17) is 9.47 Å². The average molecular weight is 368 g/mol. The van der Waals surface area contributed by atoms with E-state index in [1.165, 1.54) is 38.5 Å². The van der Waals surface area contributed by atoms with Crippen LogP contribution in [0.2, 0.25) is 0 Å². The standard InChI is InChI=1S/C17H15F3N2O4/c1-25-12-8-5-9-13(26-2)14(12)15(23)22-16(24)21-11-7-4-3-6-10(11)17(18,19)20/h3-9H,1-2H3,(H2,21,22,23,24). The monoisotopic (exact) mass is 368 g/mol. The third-order valence-corrected chi connectivity index (χ3v) is 3.36. The fraction of sp³-hybridized carbons (Fsp3) is 0.176. The highest BCUT2D eigenvalue weighted by molar-refractivity contribution is 6.10. The Bertz CT molecular complexity index is 800. The zero-order valence-corrected chi connectivity index (χ0v) is 13.8. The van der Waals surface area contributed by atoms with Crippen LogP contribution in [0.25, 0.3) is 0 Å². The number of rotatable bonds is 4. The van der Waals surface area contributed by atoms with Gasteiger partial charge in [-0.3, -0.25) is 10.1 Å². The number of anilines is 1. The quantitative estimate of drug-likeness (QED) is 0.863. The van der Waals surface area contributed by atoms with E-state index in [0.29, 0.717) is 0 Å². The molecule has 2 rings (SSSR count). The maximum atomic E-state index is 13.0. The highest BCUT2D eigenvalue weighted by Crippen LogP contribution is 2.34. The highest BCUT2D eigenvalue weighted by Gasteiger charge is 2.33. The first kappa shape index (κ1) is 19.1. The minimum atomic E-state index is -4.65. The van der Waals surface area contributed by atoms with E-state index in [1.54, 1.807) is 6.07 Å². The summed E-state index contributed by atoms with van der Waals surface area (Å²) in [5.41, 5.74) is -1.56. The molecule has 0 bridgehead atoms. The largest absolute Gasteiger partial charge is 0.496 e. The number of nitrogens with one attached hydrogen (secondary N) is 2. The third kappa shape index (κ3) is 4.24. The van der Waals surface area contributed by atoms with Crippen LogP contribution in [-0.2, 0) is 6.18 Å². The van der Waals surface area contributed by atoms with E-state index in [1.807, 2.05) is 10.6 Å². The molecule has 3 amide bonds. The van der Waals surface area contributed by atoms with Crippen molar-refractivity contribution in [2.24, 2.45) is 0 Å². The normalized spacial score (nSPS) is 10.8. The maximum absolute atomic E-state index is 13.0. The molecule has 0 saturated heterocycles. The summed E-state index contributed by atoms with van der Waals surface area (Å²) >= 11 is 0. The predicted octanol–water partition coefficient (Wildman–Crippen LogP) is 3.68. The summed E-state index contributed by atoms with van der Waals surface area (Å²) in [4.78, 5) is 24.3. The molecule has 0 spiro atoms. The fourth-order valence-electron chi connectivity index (χ4n) is 2.23. The first-order valence-electron chi connectivity index (χ1n) is 7.27. The van der Waals surface area contributed by atoms with Crippen LogP contribution in [0.4, 0.5) is 23.7 Å². The van der Waals surface area contributed by atoms with Crippen molar-refractivity contribution in [1.29, 1.82) is 0 Å². The summed E-state index contributed by atoms with van der Waals surface area (Å²) in [5.74, 6) is -0.600. The Kier molecular flexibility index (Phi) is 5.71. The van der Waals surface area contributed by atoms with Gasteiger partial charge in [-0.05, 0) is 24.3 Å². The second-order valence-corrected chi connectivity index (χ2v) is 4.99. The summed E-state index contributed by atoms with van der Waals surface area (Å²) in [7, 11) is 2.65. The number of ether oxygens (including phenoxy) is 2. The number of hydrogen-bond acceptors (Lipinski definition) is 4.